The van der Waals surface area contributed by atoms with Crippen LogP contribution in [0.15, 0.2) is 60.7 Å². The molecule has 268 valence electrons. The monoisotopic (exact) mass is 665 g/mol. The SMILES string of the molecule is CCCCCCCCCCCCCCCCO[Si](OCCCCCCCCCCCCCCCC)(c1ccccc1)c1ccccc1. The molecule has 47 heavy (non-hydrogen) atoms. The molecule has 2 aromatic carbocycles. The van der Waals surface area contributed by atoms with Gasteiger partial charge in [0.2, 0.25) is 0 Å². The van der Waals surface area contributed by atoms with E-state index in [1.807, 2.05) is 0 Å². The lowest BCUT2D eigenvalue weighted by Gasteiger charge is -2.31. The fraction of sp³-hybridized carbons (Fsp3) is 0.727. The van der Waals surface area contributed by atoms with Crippen LogP contribution in [-0.2, 0) is 8.85 Å². The van der Waals surface area contributed by atoms with Crippen molar-refractivity contribution >= 4 is 18.9 Å². The first kappa shape index (κ1) is 41.7. The van der Waals surface area contributed by atoms with Crippen molar-refractivity contribution in [3.05, 3.63) is 60.7 Å². The fourth-order valence-corrected chi connectivity index (χ4v) is 10.1. The molecule has 0 atom stereocenters. The lowest BCUT2D eigenvalue weighted by atomic mass is 10.0. The molecule has 0 N–H and O–H groups in total. The van der Waals surface area contributed by atoms with Crippen LogP contribution >= 0.6 is 0 Å². The molecule has 0 fully saturated rings. The Morgan fingerprint density at radius 1 is 0.319 bits per heavy atom. The van der Waals surface area contributed by atoms with Crippen molar-refractivity contribution in [2.75, 3.05) is 13.2 Å². The summed E-state index contributed by atoms with van der Waals surface area (Å²) in [4.78, 5) is 0. The van der Waals surface area contributed by atoms with Crippen molar-refractivity contribution in [1.82, 2.24) is 0 Å². The molecule has 0 aliphatic rings. The van der Waals surface area contributed by atoms with Gasteiger partial charge in [-0.05, 0) is 23.2 Å². The van der Waals surface area contributed by atoms with Gasteiger partial charge in [-0.15, -0.1) is 0 Å². The molecular weight excluding hydrogens is 589 g/mol. The van der Waals surface area contributed by atoms with Gasteiger partial charge in [0.25, 0.3) is 0 Å². The highest BCUT2D eigenvalue weighted by atomic mass is 28.4. The zero-order valence-corrected chi connectivity index (χ0v) is 32.3. The van der Waals surface area contributed by atoms with Crippen LogP contribution in [0.4, 0.5) is 0 Å². The van der Waals surface area contributed by atoms with Crippen LogP contribution in [0.1, 0.15) is 194 Å². The Morgan fingerprint density at radius 3 is 0.809 bits per heavy atom. The van der Waals surface area contributed by atoms with Crippen molar-refractivity contribution in [2.45, 2.75) is 194 Å². The van der Waals surface area contributed by atoms with E-state index < -0.39 is 8.56 Å². The fourth-order valence-electron chi connectivity index (χ4n) is 6.88. The van der Waals surface area contributed by atoms with Crippen LogP contribution in [0.2, 0.25) is 0 Å². The van der Waals surface area contributed by atoms with Gasteiger partial charge >= 0.3 is 8.56 Å². The van der Waals surface area contributed by atoms with E-state index in [0.29, 0.717) is 0 Å². The van der Waals surface area contributed by atoms with Crippen LogP contribution < -0.4 is 10.4 Å². The van der Waals surface area contributed by atoms with E-state index in [1.54, 1.807) is 0 Å². The topological polar surface area (TPSA) is 18.5 Å². The molecule has 0 aliphatic heterocycles. The molecule has 0 spiro atoms. The van der Waals surface area contributed by atoms with Gasteiger partial charge in [-0.3, -0.25) is 0 Å². The Kier molecular flexibility index (Phi) is 27.2. The van der Waals surface area contributed by atoms with E-state index in [9.17, 15) is 0 Å². The molecule has 0 unspecified atom stereocenters. The summed E-state index contributed by atoms with van der Waals surface area (Å²) in [5, 5.41) is 2.48. The normalized spacial score (nSPS) is 11.8. The van der Waals surface area contributed by atoms with Crippen molar-refractivity contribution in [2.24, 2.45) is 0 Å². The van der Waals surface area contributed by atoms with Gasteiger partial charge in [0.15, 0.2) is 0 Å². The van der Waals surface area contributed by atoms with Crippen molar-refractivity contribution < 1.29 is 8.85 Å². The minimum Gasteiger partial charge on any atom is -0.388 e. The molecule has 3 heteroatoms. The number of hydrogen-bond acceptors (Lipinski definition) is 2. The van der Waals surface area contributed by atoms with Crippen molar-refractivity contribution in [1.29, 1.82) is 0 Å². The molecule has 0 heterocycles. The minimum absolute atomic E-state index is 0.785. The second-order valence-corrected chi connectivity index (χ2v) is 17.2. The first-order valence-corrected chi connectivity index (χ1v) is 22.5. The van der Waals surface area contributed by atoms with Crippen molar-refractivity contribution in [3.63, 3.8) is 0 Å². The van der Waals surface area contributed by atoms with Crippen LogP contribution in [0, 0.1) is 0 Å². The van der Waals surface area contributed by atoms with Crippen LogP contribution in [0.5, 0.6) is 0 Å². The molecule has 0 amide bonds. The smallest absolute Gasteiger partial charge is 0.388 e. The maximum Gasteiger partial charge on any atom is 0.407 e. The molecule has 0 saturated heterocycles. The molecular formula is C44H76O2Si. The number of rotatable bonds is 34. The van der Waals surface area contributed by atoms with Gasteiger partial charge in [-0.1, -0.05) is 241 Å². The van der Waals surface area contributed by atoms with Gasteiger partial charge < -0.3 is 8.85 Å². The third-order valence-corrected chi connectivity index (χ3v) is 13.3. The Labute approximate surface area is 294 Å². The summed E-state index contributed by atoms with van der Waals surface area (Å²) in [5.41, 5.74) is 0. The highest BCUT2D eigenvalue weighted by Crippen LogP contribution is 2.17. The van der Waals surface area contributed by atoms with E-state index in [4.69, 9.17) is 8.85 Å². The van der Waals surface area contributed by atoms with Crippen LogP contribution in [-0.4, -0.2) is 21.8 Å². The van der Waals surface area contributed by atoms with Gasteiger partial charge in [0.1, 0.15) is 0 Å². The Morgan fingerprint density at radius 2 is 0.553 bits per heavy atom. The first-order valence-electron chi connectivity index (χ1n) is 20.7. The zero-order valence-electron chi connectivity index (χ0n) is 31.3. The second-order valence-electron chi connectivity index (χ2n) is 14.2. The number of hydrogen-bond donors (Lipinski definition) is 0. The third-order valence-electron chi connectivity index (χ3n) is 9.91. The average molecular weight is 665 g/mol. The van der Waals surface area contributed by atoms with Crippen molar-refractivity contribution in [3.8, 4) is 0 Å². The lowest BCUT2D eigenvalue weighted by Crippen LogP contribution is -2.63. The molecule has 0 radical (unpaired) electrons. The number of benzene rings is 2. The largest absolute Gasteiger partial charge is 0.407 e. The molecule has 0 saturated carbocycles. The van der Waals surface area contributed by atoms with E-state index in [-0.39, 0.29) is 0 Å². The summed E-state index contributed by atoms with van der Waals surface area (Å²) in [7, 11) is -2.76. The predicted octanol–water partition coefficient (Wildman–Crippen LogP) is 13.2. The second kappa shape index (κ2) is 30.6. The van der Waals surface area contributed by atoms with Crippen LogP contribution in [0.3, 0.4) is 0 Å². The summed E-state index contributed by atoms with van der Waals surface area (Å²) < 4.78 is 13.9. The summed E-state index contributed by atoms with van der Waals surface area (Å²) in [5.74, 6) is 0. The highest BCUT2D eigenvalue weighted by molar-refractivity contribution is 6.92. The molecule has 2 nitrogen and oxygen atoms in total. The standard InChI is InChI=1S/C44H76O2Si/c1-3-5-7-9-11-13-15-17-19-21-23-25-27-35-41-45-47(43-37-31-29-32-38-43,44-39-33-30-34-40-44)46-42-36-28-26-24-22-20-18-16-14-12-10-8-6-4-2/h29-34,37-40H,3-28,35-36,41-42H2,1-2H3. The Balaban J connectivity index is 1.67. The summed E-state index contributed by atoms with van der Waals surface area (Å²) >= 11 is 0. The summed E-state index contributed by atoms with van der Waals surface area (Å²) in [6.45, 7) is 6.17. The molecule has 2 rings (SSSR count). The predicted molar refractivity (Wildman–Crippen MR) is 210 cm³/mol. The van der Waals surface area contributed by atoms with Gasteiger partial charge in [-0.2, -0.15) is 0 Å². The quantitative estimate of drug-likeness (QED) is 0.0547. The van der Waals surface area contributed by atoms with E-state index in [1.165, 1.54) is 177 Å². The third kappa shape index (κ3) is 20.6. The molecule has 2 aromatic rings. The maximum atomic E-state index is 6.94. The lowest BCUT2D eigenvalue weighted by molar-refractivity contribution is 0.184. The first-order chi connectivity index (χ1) is 23.3. The van der Waals surface area contributed by atoms with Crippen LogP contribution in [0.25, 0.3) is 0 Å². The van der Waals surface area contributed by atoms with E-state index >= 15 is 0 Å². The molecule has 0 bridgehead atoms. The van der Waals surface area contributed by atoms with E-state index in [0.717, 1.165) is 26.1 Å². The molecule has 0 aromatic heterocycles. The summed E-state index contributed by atoms with van der Waals surface area (Å²) in [6.07, 6.45) is 38.5. The maximum absolute atomic E-state index is 6.94. The van der Waals surface area contributed by atoms with Gasteiger partial charge in [-0.25, -0.2) is 0 Å². The van der Waals surface area contributed by atoms with E-state index in [2.05, 4.69) is 74.5 Å². The zero-order chi connectivity index (χ0) is 33.4. The average Bonchev–Trinajstić information content (AvgIpc) is 3.11. The van der Waals surface area contributed by atoms with Gasteiger partial charge in [0, 0.05) is 13.2 Å². The Bertz CT molecular complexity index is 826. The molecule has 0 aliphatic carbocycles. The number of unbranched alkanes of at least 4 members (excludes halogenated alkanes) is 26. The highest BCUT2D eigenvalue weighted by Gasteiger charge is 2.42. The summed E-state index contributed by atoms with van der Waals surface area (Å²) in [6, 6.07) is 21.7. The van der Waals surface area contributed by atoms with Gasteiger partial charge in [0.05, 0.1) is 0 Å². The Hall–Kier alpha value is -1.42. The minimum atomic E-state index is -2.76.